The molecule has 0 atom stereocenters. The highest BCUT2D eigenvalue weighted by molar-refractivity contribution is 7.86. The van der Waals surface area contributed by atoms with Gasteiger partial charge in [-0.3, -0.25) is 18.2 Å². The third-order valence-electron chi connectivity index (χ3n) is 11.3. The van der Waals surface area contributed by atoms with Crippen LogP contribution < -0.4 is 0 Å². The van der Waals surface area contributed by atoms with Crippen molar-refractivity contribution in [2.45, 2.75) is 25.0 Å². The second kappa shape index (κ2) is 20.8. The van der Waals surface area contributed by atoms with Crippen molar-refractivity contribution in [1.82, 2.24) is 0 Å². The van der Waals surface area contributed by atoms with E-state index in [0.29, 0.717) is 44.5 Å². The van der Waals surface area contributed by atoms with Crippen LogP contribution in [0.2, 0.25) is 0 Å². The van der Waals surface area contributed by atoms with Crippen LogP contribution in [0, 0.1) is 47.4 Å². The van der Waals surface area contributed by atoms with Crippen LogP contribution in [0.5, 0.6) is 0 Å². The first kappa shape index (κ1) is 51.0. The maximum Gasteiger partial charge on any atom is 0.294 e. The molecule has 8 aromatic carbocycles. The summed E-state index contributed by atoms with van der Waals surface area (Å²) in [6, 6.07) is 52.5. The molecule has 16 heteroatoms. The van der Waals surface area contributed by atoms with E-state index >= 15 is 0 Å². The number of hydrogen-bond donors (Lipinski definition) is 4. The second-order valence-electron chi connectivity index (χ2n) is 16.1. The Morgan fingerprint density at radius 3 is 0.466 bits per heavy atom. The van der Waals surface area contributed by atoms with Crippen molar-refractivity contribution < 1.29 is 51.9 Å². The fraction of sp³-hybridized carbons (Fsp3) is 0.0175. The lowest BCUT2D eigenvalue weighted by Crippen LogP contribution is -2.31. The summed E-state index contributed by atoms with van der Waals surface area (Å²) in [5.41, 5.74) is 6.77. The predicted octanol–water partition coefficient (Wildman–Crippen LogP) is 8.66. The highest BCUT2D eigenvalue weighted by Crippen LogP contribution is 2.45. The largest absolute Gasteiger partial charge is 0.294 e. The molecule has 0 fully saturated rings. The average Bonchev–Trinajstić information content (AvgIpc) is 3.37. The van der Waals surface area contributed by atoms with Gasteiger partial charge in [-0.2, -0.15) is 33.7 Å². The van der Waals surface area contributed by atoms with Crippen LogP contribution in [0.4, 0.5) is 0 Å². The highest BCUT2D eigenvalue weighted by atomic mass is 32.2. The maximum absolute atomic E-state index is 11.6. The van der Waals surface area contributed by atoms with Gasteiger partial charge >= 0.3 is 0 Å². The molecule has 8 aromatic rings. The van der Waals surface area contributed by atoms with Gasteiger partial charge in [-0.15, -0.1) is 0 Å². The third kappa shape index (κ3) is 12.4. The Morgan fingerprint density at radius 2 is 0.342 bits per heavy atom. The van der Waals surface area contributed by atoms with Gasteiger partial charge in [-0.1, -0.05) is 95.9 Å². The van der Waals surface area contributed by atoms with Crippen LogP contribution in [0.3, 0.4) is 0 Å². The molecule has 12 nitrogen and oxygen atoms in total. The molecule has 0 radical (unpaired) electrons. The second-order valence-corrected chi connectivity index (χ2v) is 21.7. The third-order valence-corrected chi connectivity index (χ3v) is 14.8. The zero-order valence-electron chi connectivity index (χ0n) is 37.7. The van der Waals surface area contributed by atoms with Gasteiger partial charge in [0, 0.05) is 44.5 Å². The van der Waals surface area contributed by atoms with Crippen LogP contribution >= 0.6 is 0 Å². The molecule has 0 aromatic heterocycles. The topological polar surface area (TPSA) is 217 Å². The first-order valence-corrected chi connectivity index (χ1v) is 27.2. The van der Waals surface area contributed by atoms with Crippen molar-refractivity contribution in [3.05, 3.63) is 261 Å². The number of hydrogen-bond acceptors (Lipinski definition) is 8. The molecule has 0 saturated carbocycles. The summed E-state index contributed by atoms with van der Waals surface area (Å²) in [4.78, 5) is -1.03. The molecular weight excluding hydrogens is 1000 g/mol. The molecule has 0 aliphatic heterocycles. The van der Waals surface area contributed by atoms with Gasteiger partial charge in [0.1, 0.15) is 0 Å². The van der Waals surface area contributed by atoms with Crippen LogP contribution in [-0.4, -0.2) is 51.9 Å². The first-order valence-electron chi connectivity index (χ1n) is 21.5. The lowest BCUT2D eigenvalue weighted by Gasteiger charge is -2.37. The summed E-state index contributed by atoms with van der Waals surface area (Å²) in [6.07, 6.45) is 0. The fourth-order valence-corrected chi connectivity index (χ4v) is 9.55. The first-order chi connectivity index (χ1) is 34.6. The van der Waals surface area contributed by atoms with Crippen molar-refractivity contribution >= 4 is 40.5 Å². The fourth-order valence-electron chi connectivity index (χ4n) is 7.63. The van der Waals surface area contributed by atoms with Gasteiger partial charge in [0.25, 0.3) is 40.5 Å². The Bertz CT molecular complexity index is 3560. The molecule has 0 spiro atoms. The summed E-state index contributed by atoms with van der Waals surface area (Å²) in [6.45, 7) is 0. The van der Waals surface area contributed by atoms with Crippen LogP contribution in [0.15, 0.2) is 214 Å². The SMILES string of the molecule is O=S(=O)(O)c1ccc(C#Cc2ccc(C(c3ccc(C#Cc4ccc(S(=O)(=O)O)cc4)cc3)(c3ccc(C#Cc4ccc(S(=O)(=O)O)cc4)cc3)c3ccc(C#Cc4ccc(S(=O)(=O)O)cc4)cc3)cc2)cc1. The molecule has 0 aliphatic carbocycles. The highest BCUT2D eigenvalue weighted by Gasteiger charge is 2.38. The van der Waals surface area contributed by atoms with Crippen molar-refractivity contribution in [1.29, 1.82) is 0 Å². The maximum atomic E-state index is 11.6. The molecule has 0 aliphatic rings. The Labute approximate surface area is 423 Å². The lowest BCUT2D eigenvalue weighted by atomic mass is 9.65. The Balaban J connectivity index is 1.25. The van der Waals surface area contributed by atoms with Crippen molar-refractivity contribution in [2.75, 3.05) is 0 Å². The smallest absolute Gasteiger partial charge is 0.282 e. The van der Waals surface area contributed by atoms with Gasteiger partial charge in [0.2, 0.25) is 0 Å². The quantitative estimate of drug-likeness (QED) is 0.0639. The van der Waals surface area contributed by atoms with Crippen molar-refractivity contribution in [3.63, 3.8) is 0 Å². The van der Waals surface area contributed by atoms with Gasteiger partial charge < -0.3 is 0 Å². The molecule has 4 N–H and O–H groups in total. The Morgan fingerprint density at radius 1 is 0.219 bits per heavy atom. The van der Waals surface area contributed by atoms with Crippen LogP contribution in [0.25, 0.3) is 0 Å². The number of benzene rings is 8. The summed E-state index contributed by atoms with van der Waals surface area (Å²) >= 11 is 0. The Kier molecular flexibility index (Phi) is 14.5. The minimum absolute atomic E-state index is 0.256. The Hall–Kier alpha value is -8.36. The van der Waals surface area contributed by atoms with Crippen molar-refractivity contribution in [2.24, 2.45) is 0 Å². The van der Waals surface area contributed by atoms with E-state index in [2.05, 4.69) is 47.4 Å². The van der Waals surface area contributed by atoms with Gasteiger partial charge in [-0.25, -0.2) is 0 Å². The minimum atomic E-state index is -4.38. The van der Waals surface area contributed by atoms with Gasteiger partial charge in [0.05, 0.1) is 25.0 Å². The van der Waals surface area contributed by atoms with E-state index in [9.17, 15) is 51.9 Å². The molecular formula is C57H36O12S4. The molecule has 73 heavy (non-hydrogen) atoms. The number of rotatable bonds is 8. The van der Waals surface area contributed by atoms with Crippen molar-refractivity contribution in [3.8, 4) is 47.4 Å². The summed E-state index contributed by atoms with van der Waals surface area (Å²) < 4.78 is 130. The van der Waals surface area contributed by atoms with Crippen LogP contribution in [0.1, 0.15) is 66.8 Å². The summed E-state index contributed by atoms with van der Waals surface area (Å²) in [5.74, 6) is 24.6. The van der Waals surface area contributed by atoms with E-state index in [1.54, 1.807) is 0 Å². The molecule has 0 saturated heterocycles. The minimum Gasteiger partial charge on any atom is -0.282 e. The molecule has 0 bridgehead atoms. The van der Waals surface area contributed by atoms with E-state index < -0.39 is 45.9 Å². The molecule has 0 amide bonds. The molecule has 360 valence electrons. The molecule has 0 unspecified atom stereocenters. The predicted molar refractivity (Wildman–Crippen MR) is 274 cm³/mol. The zero-order valence-corrected chi connectivity index (χ0v) is 40.9. The van der Waals surface area contributed by atoms with E-state index in [0.717, 1.165) is 22.3 Å². The molecule has 0 heterocycles. The van der Waals surface area contributed by atoms with Gasteiger partial charge in [0.15, 0.2) is 0 Å². The zero-order chi connectivity index (χ0) is 52.0. The lowest BCUT2D eigenvalue weighted by molar-refractivity contribution is 0.481. The summed E-state index contributed by atoms with van der Waals surface area (Å²) in [5, 5.41) is 0. The summed E-state index contributed by atoms with van der Waals surface area (Å²) in [7, 11) is -17.5. The van der Waals surface area contributed by atoms with E-state index in [-0.39, 0.29) is 19.6 Å². The van der Waals surface area contributed by atoms with Crippen LogP contribution in [-0.2, 0) is 45.9 Å². The monoisotopic (exact) mass is 1040 g/mol. The molecule has 8 rings (SSSR count). The standard InChI is InChI=1S/C57H36O12S4/c58-70(59,60)53-33-17-45(18-34-53)5-1-41-9-25-49(26-10-41)57(50-27-11-42(12-28-50)2-6-46-19-35-54(36-20-46)71(61,62)63,51-29-13-43(14-30-51)3-7-47-21-37-55(38-22-47)72(64,65)66)52-31-15-44(16-32-52)4-8-48-23-39-56(40-24-48)73(67,68)69/h9-40H,(H,58,59,60)(H,61,62,63)(H,64,65,66)(H,67,68,69). The van der Waals surface area contributed by atoms with E-state index in [1.807, 2.05) is 97.1 Å². The average molecular weight is 1040 g/mol. The van der Waals surface area contributed by atoms with E-state index in [1.165, 1.54) is 97.1 Å². The van der Waals surface area contributed by atoms with Gasteiger partial charge in [-0.05, 0) is 168 Å². The van der Waals surface area contributed by atoms with E-state index in [4.69, 9.17) is 0 Å². The normalized spacial score (nSPS) is 11.6.